The monoisotopic (exact) mass is 377 g/mol. The van der Waals surface area contributed by atoms with Gasteiger partial charge in [0.1, 0.15) is 11.3 Å². The Hall–Kier alpha value is -1.51. The molecule has 8 heteroatoms. The van der Waals surface area contributed by atoms with E-state index in [0.29, 0.717) is 30.8 Å². The van der Waals surface area contributed by atoms with Crippen LogP contribution >= 0.6 is 0 Å². The summed E-state index contributed by atoms with van der Waals surface area (Å²) in [4.78, 5) is 14.9. The number of aromatic nitrogens is 3. The lowest BCUT2D eigenvalue weighted by Crippen LogP contribution is -2.58. The van der Waals surface area contributed by atoms with E-state index in [1.165, 1.54) is 0 Å². The van der Waals surface area contributed by atoms with Gasteiger partial charge in [-0.3, -0.25) is 14.4 Å². The molecule has 4 heterocycles. The van der Waals surface area contributed by atoms with Crippen molar-refractivity contribution < 1.29 is 14.6 Å². The second-order valence-corrected chi connectivity index (χ2v) is 8.39. The van der Waals surface area contributed by atoms with E-state index in [4.69, 9.17) is 4.74 Å². The molecule has 0 radical (unpaired) electrons. The van der Waals surface area contributed by atoms with Gasteiger partial charge in [-0.2, -0.15) is 0 Å². The second kappa shape index (κ2) is 7.85. The number of nitrogens with one attached hydrogen (secondary N) is 1. The highest BCUT2D eigenvalue weighted by atomic mass is 16.5. The van der Waals surface area contributed by atoms with Crippen molar-refractivity contribution in [1.29, 1.82) is 0 Å². The van der Waals surface area contributed by atoms with Crippen LogP contribution in [0.2, 0.25) is 0 Å². The number of rotatable bonds is 7. The quantitative estimate of drug-likeness (QED) is 0.673. The zero-order chi connectivity index (χ0) is 18.9. The molecule has 4 aliphatic rings. The van der Waals surface area contributed by atoms with E-state index in [1.807, 2.05) is 10.9 Å². The molecule has 1 aliphatic carbocycles. The Labute approximate surface area is 160 Å². The smallest absolute Gasteiger partial charge is 0.224 e. The van der Waals surface area contributed by atoms with Gasteiger partial charge in [0.15, 0.2) is 0 Å². The molecular weight excluding hydrogens is 346 g/mol. The van der Waals surface area contributed by atoms with Crippen LogP contribution in [0.4, 0.5) is 0 Å². The van der Waals surface area contributed by atoms with Gasteiger partial charge in [0.2, 0.25) is 5.91 Å². The standard InChI is InChI=1S/C19H31N5O3/c1-27-9-7-20-18(25)16-12-23-8-4-14(16)10-15(23)11-24-13-17(21-22-24)19(26)5-2-3-6-19/h13-16,26H,2-12H2,1H3,(H,20,25)/t14-,15-,16+/m1/s1. The number of methoxy groups -OCH3 is 1. The Kier molecular flexibility index (Phi) is 5.48. The molecule has 1 aromatic rings. The van der Waals surface area contributed by atoms with Crippen LogP contribution in [0.5, 0.6) is 0 Å². The topological polar surface area (TPSA) is 92.5 Å². The number of carbonyl (C=O) groups is 1. The maximum Gasteiger partial charge on any atom is 0.224 e. The van der Waals surface area contributed by atoms with E-state index in [2.05, 4.69) is 20.5 Å². The van der Waals surface area contributed by atoms with Crippen LogP contribution in [0.15, 0.2) is 6.20 Å². The van der Waals surface area contributed by atoms with Crippen molar-refractivity contribution in [3.8, 4) is 0 Å². The highest BCUT2D eigenvalue weighted by Gasteiger charge is 2.43. The first-order valence-electron chi connectivity index (χ1n) is 10.2. The number of fused-ring (bicyclic) bond motifs is 3. The Morgan fingerprint density at radius 2 is 2.26 bits per heavy atom. The van der Waals surface area contributed by atoms with E-state index in [1.54, 1.807) is 7.11 Å². The molecule has 3 saturated heterocycles. The molecule has 0 spiro atoms. The molecule has 1 amide bonds. The van der Waals surface area contributed by atoms with Crippen LogP contribution in [-0.4, -0.2) is 70.3 Å². The summed E-state index contributed by atoms with van der Waals surface area (Å²) >= 11 is 0. The van der Waals surface area contributed by atoms with E-state index in [-0.39, 0.29) is 11.8 Å². The highest BCUT2D eigenvalue weighted by Crippen LogP contribution is 2.38. The van der Waals surface area contributed by atoms with Gasteiger partial charge in [0.05, 0.1) is 25.3 Å². The van der Waals surface area contributed by atoms with Crippen LogP contribution < -0.4 is 5.32 Å². The normalized spacial score (nSPS) is 31.9. The van der Waals surface area contributed by atoms with Crippen molar-refractivity contribution in [2.45, 2.75) is 56.7 Å². The van der Waals surface area contributed by atoms with Crippen LogP contribution in [0.3, 0.4) is 0 Å². The molecule has 150 valence electrons. The molecule has 4 atom stereocenters. The van der Waals surface area contributed by atoms with Crippen molar-refractivity contribution in [2.24, 2.45) is 11.8 Å². The summed E-state index contributed by atoms with van der Waals surface area (Å²) in [6.07, 6.45) is 7.68. The Morgan fingerprint density at radius 1 is 1.44 bits per heavy atom. The highest BCUT2D eigenvalue weighted by molar-refractivity contribution is 5.79. The summed E-state index contributed by atoms with van der Waals surface area (Å²) in [7, 11) is 1.64. The van der Waals surface area contributed by atoms with Gasteiger partial charge in [-0.1, -0.05) is 18.1 Å². The zero-order valence-electron chi connectivity index (χ0n) is 16.1. The number of ether oxygens (including phenoxy) is 1. The fraction of sp³-hybridized carbons (Fsp3) is 0.842. The number of carbonyl (C=O) groups excluding carboxylic acids is 1. The molecule has 1 saturated carbocycles. The third-order valence-electron chi connectivity index (χ3n) is 6.66. The number of piperidine rings is 3. The van der Waals surface area contributed by atoms with Crippen LogP contribution in [0, 0.1) is 11.8 Å². The number of hydrogen-bond donors (Lipinski definition) is 2. The molecule has 4 fully saturated rings. The van der Waals surface area contributed by atoms with Gasteiger partial charge in [0, 0.05) is 26.2 Å². The number of amides is 1. The summed E-state index contributed by atoms with van der Waals surface area (Å²) in [6, 6.07) is 0.388. The molecule has 2 bridgehead atoms. The average molecular weight is 377 g/mol. The van der Waals surface area contributed by atoms with Crippen molar-refractivity contribution in [2.75, 3.05) is 33.4 Å². The van der Waals surface area contributed by atoms with Crippen molar-refractivity contribution in [1.82, 2.24) is 25.2 Å². The van der Waals surface area contributed by atoms with Crippen molar-refractivity contribution >= 4 is 5.91 Å². The summed E-state index contributed by atoms with van der Waals surface area (Å²) in [5.41, 5.74) is -0.0680. The number of hydrogen-bond acceptors (Lipinski definition) is 6. The van der Waals surface area contributed by atoms with Crippen LogP contribution in [-0.2, 0) is 21.7 Å². The van der Waals surface area contributed by atoms with E-state index >= 15 is 0 Å². The molecular formula is C19H31N5O3. The maximum absolute atomic E-state index is 12.5. The minimum absolute atomic E-state index is 0.0809. The van der Waals surface area contributed by atoms with Gasteiger partial charge in [0.25, 0.3) is 0 Å². The Morgan fingerprint density at radius 3 is 2.96 bits per heavy atom. The molecule has 27 heavy (non-hydrogen) atoms. The summed E-state index contributed by atoms with van der Waals surface area (Å²) in [5.74, 6) is 0.675. The molecule has 5 rings (SSSR count). The third-order valence-corrected chi connectivity index (χ3v) is 6.66. The molecule has 0 aromatic carbocycles. The van der Waals surface area contributed by atoms with Gasteiger partial charge >= 0.3 is 0 Å². The van der Waals surface area contributed by atoms with E-state index in [0.717, 1.165) is 58.2 Å². The Bertz CT molecular complexity index is 658. The van der Waals surface area contributed by atoms with E-state index < -0.39 is 5.60 Å². The lowest BCUT2D eigenvalue weighted by molar-refractivity contribution is -0.133. The summed E-state index contributed by atoms with van der Waals surface area (Å²) in [5, 5.41) is 22.2. The Balaban J connectivity index is 1.34. The lowest BCUT2D eigenvalue weighted by Gasteiger charge is -2.49. The summed E-state index contributed by atoms with van der Waals surface area (Å²) in [6.45, 7) is 3.77. The fourth-order valence-electron chi connectivity index (χ4n) is 5.07. The van der Waals surface area contributed by atoms with Crippen molar-refractivity contribution in [3.63, 3.8) is 0 Å². The molecule has 3 aliphatic heterocycles. The van der Waals surface area contributed by atoms with Gasteiger partial charge in [-0.05, 0) is 38.1 Å². The molecule has 2 N–H and O–H groups in total. The van der Waals surface area contributed by atoms with Gasteiger partial charge in [-0.15, -0.1) is 5.10 Å². The number of aliphatic hydroxyl groups is 1. The third kappa shape index (κ3) is 3.88. The van der Waals surface area contributed by atoms with Gasteiger partial charge in [-0.25, -0.2) is 0 Å². The first-order valence-corrected chi connectivity index (χ1v) is 10.2. The predicted molar refractivity (Wildman–Crippen MR) is 98.8 cm³/mol. The van der Waals surface area contributed by atoms with Crippen LogP contribution in [0.25, 0.3) is 0 Å². The maximum atomic E-state index is 12.5. The number of nitrogens with zero attached hydrogens (tertiary/aromatic N) is 4. The molecule has 1 aromatic heterocycles. The fourth-order valence-corrected chi connectivity index (χ4v) is 5.07. The second-order valence-electron chi connectivity index (χ2n) is 8.39. The minimum atomic E-state index is -0.782. The zero-order valence-corrected chi connectivity index (χ0v) is 16.1. The van der Waals surface area contributed by atoms with Gasteiger partial charge < -0.3 is 15.2 Å². The largest absolute Gasteiger partial charge is 0.383 e. The predicted octanol–water partition coefficient (Wildman–Crippen LogP) is 0.513. The average Bonchev–Trinajstić information content (AvgIpc) is 3.32. The van der Waals surface area contributed by atoms with Crippen molar-refractivity contribution in [3.05, 3.63) is 11.9 Å². The lowest BCUT2D eigenvalue weighted by atomic mass is 9.75. The van der Waals surface area contributed by atoms with E-state index in [9.17, 15) is 9.90 Å². The first-order chi connectivity index (χ1) is 13.1. The SMILES string of the molecule is COCCNC(=O)[C@H]1CN2CC[C@@H]1C[C@@H]2Cn1cc(C2(O)CCCC2)nn1. The minimum Gasteiger partial charge on any atom is -0.383 e. The van der Waals surface area contributed by atoms with Crippen LogP contribution in [0.1, 0.15) is 44.2 Å². The molecule has 1 unspecified atom stereocenters. The first kappa shape index (κ1) is 18.8. The molecule has 8 nitrogen and oxygen atoms in total. The summed E-state index contributed by atoms with van der Waals surface area (Å²) < 4.78 is 6.89.